The molecule has 0 saturated carbocycles. The van der Waals surface area contributed by atoms with Crippen molar-refractivity contribution in [3.63, 3.8) is 0 Å². The highest BCUT2D eigenvalue weighted by molar-refractivity contribution is 5.82. The van der Waals surface area contributed by atoms with E-state index in [-0.39, 0.29) is 12.4 Å². The third kappa shape index (κ3) is 2.47. The number of hydrogen-bond donors (Lipinski definition) is 1. The first kappa shape index (κ1) is 14.9. The van der Waals surface area contributed by atoms with Crippen LogP contribution in [0.1, 0.15) is 11.9 Å². The van der Waals surface area contributed by atoms with Gasteiger partial charge in [-0.25, -0.2) is 9.37 Å². The Kier molecular flexibility index (Phi) is 3.35. The summed E-state index contributed by atoms with van der Waals surface area (Å²) in [4.78, 5) is 11.9. The van der Waals surface area contributed by atoms with Crippen molar-refractivity contribution in [3.05, 3.63) is 72.6 Å². The topological polar surface area (TPSA) is 60.0 Å². The molecule has 1 atom stereocenters. The van der Waals surface area contributed by atoms with Gasteiger partial charge in [-0.05, 0) is 47.5 Å². The summed E-state index contributed by atoms with van der Waals surface area (Å²) in [5.74, 6) is 0.711. The maximum Gasteiger partial charge on any atom is 0.198 e. The number of para-hydroxylation sites is 1. The standard InChI is InChI=1S/C20H14FN3O2/c21-14-2-1-3-17-19(14)26-18(11-25-17)20-23-15-5-4-13(10-16(15)24-20)12-6-8-22-9-7-12/h1-10,18H,11H2,(H,23,24). The van der Waals surface area contributed by atoms with Gasteiger partial charge in [0, 0.05) is 12.4 Å². The Bertz CT molecular complexity index is 1090. The van der Waals surface area contributed by atoms with Crippen LogP contribution in [0.15, 0.2) is 60.9 Å². The Morgan fingerprint density at radius 2 is 1.92 bits per heavy atom. The van der Waals surface area contributed by atoms with E-state index in [1.807, 2.05) is 30.3 Å². The van der Waals surface area contributed by atoms with Crippen molar-refractivity contribution in [1.82, 2.24) is 15.0 Å². The van der Waals surface area contributed by atoms with Gasteiger partial charge in [0.05, 0.1) is 11.0 Å². The monoisotopic (exact) mass is 347 g/mol. The molecule has 1 aliphatic rings. The van der Waals surface area contributed by atoms with Gasteiger partial charge in [0.2, 0.25) is 0 Å². The fourth-order valence-corrected chi connectivity index (χ4v) is 3.10. The Morgan fingerprint density at radius 1 is 1.04 bits per heavy atom. The first-order chi connectivity index (χ1) is 12.8. The average molecular weight is 347 g/mol. The lowest BCUT2D eigenvalue weighted by Crippen LogP contribution is -2.23. The normalized spacial score (nSPS) is 16.0. The summed E-state index contributed by atoms with van der Waals surface area (Å²) in [7, 11) is 0. The van der Waals surface area contributed by atoms with Gasteiger partial charge in [0.15, 0.2) is 29.2 Å². The van der Waals surface area contributed by atoms with Crippen LogP contribution in [-0.4, -0.2) is 21.6 Å². The second-order valence-corrected chi connectivity index (χ2v) is 6.07. The van der Waals surface area contributed by atoms with Crippen molar-refractivity contribution in [2.24, 2.45) is 0 Å². The minimum atomic E-state index is -0.490. The summed E-state index contributed by atoms with van der Waals surface area (Å²) in [5.41, 5.74) is 3.84. The number of pyridine rings is 1. The number of hydrogen-bond acceptors (Lipinski definition) is 4. The van der Waals surface area contributed by atoms with E-state index in [1.165, 1.54) is 6.07 Å². The lowest BCUT2D eigenvalue weighted by atomic mass is 10.1. The van der Waals surface area contributed by atoms with Gasteiger partial charge in [0.25, 0.3) is 0 Å². The van der Waals surface area contributed by atoms with E-state index in [0.717, 1.165) is 22.2 Å². The van der Waals surface area contributed by atoms with E-state index < -0.39 is 11.9 Å². The van der Waals surface area contributed by atoms with Gasteiger partial charge in [-0.1, -0.05) is 12.1 Å². The summed E-state index contributed by atoms with van der Waals surface area (Å²) in [5, 5.41) is 0. The van der Waals surface area contributed by atoms with Crippen LogP contribution in [0.3, 0.4) is 0 Å². The molecule has 2 aromatic carbocycles. The molecule has 0 amide bonds. The Balaban J connectivity index is 1.50. The Labute approximate surface area is 148 Å². The van der Waals surface area contributed by atoms with Crippen LogP contribution in [0.5, 0.6) is 11.5 Å². The number of benzene rings is 2. The van der Waals surface area contributed by atoms with Crippen LogP contribution >= 0.6 is 0 Å². The molecule has 1 unspecified atom stereocenters. The van der Waals surface area contributed by atoms with Gasteiger partial charge < -0.3 is 14.5 Å². The van der Waals surface area contributed by atoms with Crippen molar-refractivity contribution in [2.75, 3.05) is 6.61 Å². The average Bonchev–Trinajstić information content (AvgIpc) is 3.12. The van der Waals surface area contributed by atoms with E-state index in [9.17, 15) is 4.39 Å². The lowest BCUT2D eigenvalue weighted by molar-refractivity contribution is 0.0805. The van der Waals surface area contributed by atoms with E-state index in [1.54, 1.807) is 24.5 Å². The molecule has 1 N–H and O–H groups in total. The maximum absolute atomic E-state index is 14.0. The van der Waals surface area contributed by atoms with Crippen molar-refractivity contribution >= 4 is 11.0 Å². The first-order valence-electron chi connectivity index (χ1n) is 8.26. The number of halogens is 1. The molecule has 0 radical (unpaired) electrons. The Hall–Kier alpha value is -3.41. The number of fused-ring (bicyclic) bond motifs is 2. The number of aromatic nitrogens is 3. The van der Waals surface area contributed by atoms with Gasteiger partial charge in [-0.15, -0.1) is 0 Å². The third-order valence-corrected chi connectivity index (χ3v) is 4.40. The van der Waals surface area contributed by atoms with Crippen molar-refractivity contribution < 1.29 is 13.9 Å². The summed E-state index contributed by atoms with van der Waals surface area (Å²) in [6.07, 6.45) is 3.03. The second kappa shape index (κ2) is 5.84. The quantitative estimate of drug-likeness (QED) is 0.588. The molecule has 0 aliphatic carbocycles. The molecule has 6 heteroatoms. The van der Waals surface area contributed by atoms with Crippen LogP contribution in [0, 0.1) is 5.82 Å². The maximum atomic E-state index is 14.0. The van der Waals surface area contributed by atoms with Crippen molar-refractivity contribution in [2.45, 2.75) is 6.10 Å². The number of aromatic amines is 1. The number of nitrogens with one attached hydrogen (secondary N) is 1. The molecule has 26 heavy (non-hydrogen) atoms. The number of imidazole rings is 1. The zero-order valence-electron chi connectivity index (χ0n) is 13.6. The lowest BCUT2D eigenvalue weighted by Gasteiger charge is -2.25. The predicted molar refractivity (Wildman–Crippen MR) is 94.6 cm³/mol. The zero-order valence-corrected chi connectivity index (χ0v) is 13.6. The minimum absolute atomic E-state index is 0.127. The van der Waals surface area contributed by atoms with Crippen LogP contribution in [-0.2, 0) is 0 Å². The van der Waals surface area contributed by atoms with Crippen LogP contribution < -0.4 is 9.47 Å². The summed E-state index contributed by atoms with van der Waals surface area (Å²) in [6.45, 7) is 0.271. The third-order valence-electron chi connectivity index (χ3n) is 4.40. The van der Waals surface area contributed by atoms with Gasteiger partial charge in [-0.3, -0.25) is 4.98 Å². The smallest absolute Gasteiger partial charge is 0.198 e. The fraction of sp³-hybridized carbons (Fsp3) is 0.100. The minimum Gasteiger partial charge on any atom is -0.485 e. The molecule has 5 rings (SSSR count). The highest BCUT2D eigenvalue weighted by atomic mass is 19.1. The molecule has 3 heterocycles. The van der Waals surface area contributed by atoms with E-state index in [4.69, 9.17) is 9.47 Å². The molecule has 5 nitrogen and oxygen atoms in total. The largest absolute Gasteiger partial charge is 0.485 e. The number of ether oxygens (including phenoxy) is 2. The van der Waals surface area contributed by atoms with E-state index >= 15 is 0 Å². The van der Waals surface area contributed by atoms with Crippen LogP contribution in [0.4, 0.5) is 4.39 Å². The molecule has 1 aliphatic heterocycles. The molecule has 4 aromatic rings. The molecule has 2 aromatic heterocycles. The van der Waals surface area contributed by atoms with Gasteiger partial charge in [0.1, 0.15) is 6.61 Å². The molecule has 0 saturated heterocycles. The fourth-order valence-electron chi connectivity index (χ4n) is 3.10. The molecule has 0 bridgehead atoms. The molecule has 0 spiro atoms. The van der Waals surface area contributed by atoms with E-state index in [2.05, 4.69) is 15.0 Å². The van der Waals surface area contributed by atoms with Gasteiger partial charge >= 0.3 is 0 Å². The SMILES string of the molecule is Fc1cccc2c1OC(c1nc3ccc(-c4ccncc4)cc3[nH]1)CO2. The predicted octanol–water partition coefficient (Wildman–Crippen LogP) is 4.28. The summed E-state index contributed by atoms with van der Waals surface area (Å²) >= 11 is 0. The Morgan fingerprint density at radius 3 is 2.81 bits per heavy atom. The number of nitrogens with zero attached hydrogens (tertiary/aromatic N) is 2. The highest BCUT2D eigenvalue weighted by Crippen LogP contribution is 2.38. The van der Waals surface area contributed by atoms with Gasteiger partial charge in [-0.2, -0.15) is 0 Å². The highest BCUT2D eigenvalue weighted by Gasteiger charge is 2.27. The number of H-pyrrole nitrogens is 1. The molecular weight excluding hydrogens is 333 g/mol. The van der Waals surface area contributed by atoms with Crippen molar-refractivity contribution in [3.8, 4) is 22.6 Å². The van der Waals surface area contributed by atoms with E-state index in [0.29, 0.717) is 11.6 Å². The molecular formula is C20H14FN3O2. The van der Waals surface area contributed by atoms with Crippen LogP contribution in [0.2, 0.25) is 0 Å². The molecule has 0 fully saturated rings. The van der Waals surface area contributed by atoms with Crippen LogP contribution in [0.25, 0.3) is 22.2 Å². The zero-order chi connectivity index (χ0) is 17.5. The first-order valence-corrected chi connectivity index (χ1v) is 8.26. The molecule has 128 valence electrons. The second-order valence-electron chi connectivity index (χ2n) is 6.07. The number of rotatable bonds is 2. The summed E-state index contributed by atoms with van der Waals surface area (Å²) in [6, 6.07) is 14.5. The summed E-state index contributed by atoms with van der Waals surface area (Å²) < 4.78 is 25.4. The van der Waals surface area contributed by atoms with Crippen molar-refractivity contribution in [1.29, 1.82) is 0 Å².